The molecule has 0 aliphatic heterocycles. The first-order chi connectivity index (χ1) is 19.4. The predicted molar refractivity (Wildman–Crippen MR) is 170 cm³/mol. The van der Waals surface area contributed by atoms with Crippen molar-refractivity contribution in [2.24, 2.45) is 11.8 Å². The highest BCUT2D eigenvalue weighted by Gasteiger charge is 2.21. The van der Waals surface area contributed by atoms with E-state index >= 15 is 4.39 Å². The summed E-state index contributed by atoms with van der Waals surface area (Å²) in [4.78, 5) is 0. The van der Waals surface area contributed by atoms with Crippen molar-refractivity contribution in [3.05, 3.63) is 76.6 Å². The van der Waals surface area contributed by atoms with Crippen molar-refractivity contribution in [1.82, 2.24) is 0 Å². The first-order valence-electron chi connectivity index (χ1n) is 16.1. The van der Waals surface area contributed by atoms with E-state index in [9.17, 15) is 0 Å². The van der Waals surface area contributed by atoms with E-state index < -0.39 is 0 Å². The van der Waals surface area contributed by atoms with Crippen molar-refractivity contribution in [1.29, 1.82) is 0 Å². The monoisotopic (exact) mass is 542 g/mol. The zero-order valence-electron chi connectivity index (χ0n) is 25.9. The molecular formula is C38H51FO. The van der Waals surface area contributed by atoms with Crippen molar-refractivity contribution >= 4 is 0 Å². The predicted octanol–water partition coefficient (Wildman–Crippen LogP) is 11.3. The van der Waals surface area contributed by atoms with Crippen LogP contribution < -0.4 is 4.74 Å². The van der Waals surface area contributed by atoms with Crippen LogP contribution in [-0.2, 0) is 19.3 Å². The van der Waals surface area contributed by atoms with E-state index in [1.165, 1.54) is 71.9 Å². The Balaban J connectivity index is 1.60. The number of benzene rings is 3. The fraction of sp³-hybridized carbons (Fsp3) is 0.526. The van der Waals surface area contributed by atoms with E-state index in [2.05, 4.69) is 77.9 Å². The molecule has 0 radical (unpaired) electrons. The minimum atomic E-state index is -0.0880. The molecule has 1 saturated carbocycles. The molecule has 1 aliphatic rings. The zero-order chi connectivity index (χ0) is 28.6. The maximum absolute atomic E-state index is 15.5. The molecule has 3 aromatic carbocycles. The molecule has 0 aromatic heterocycles. The molecule has 0 amide bonds. The number of hydrogen-bond acceptors (Lipinski definition) is 1. The maximum atomic E-state index is 15.5. The van der Waals surface area contributed by atoms with E-state index in [4.69, 9.17) is 4.74 Å². The van der Waals surface area contributed by atoms with Crippen molar-refractivity contribution in [2.45, 2.75) is 112 Å². The molecule has 40 heavy (non-hydrogen) atoms. The van der Waals surface area contributed by atoms with Gasteiger partial charge in [0.2, 0.25) is 0 Å². The van der Waals surface area contributed by atoms with Gasteiger partial charge in [0.1, 0.15) is 11.6 Å². The van der Waals surface area contributed by atoms with Crippen molar-refractivity contribution in [3.8, 4) is 28.0 Å². The largest absolute Gasteiger partial charge is 0.493 e. The van der Waals surface area contributed by atoms with Crippen LogP contribution in [0.5, 0.6) is 5.75 Å². The first-order valence-corrected chi connectivity index (χ1v) is 16.1. The zero-order valence-corrected chi connectivity index (χ0v) is 25.9. The highest BCUT2D eigenvalue weighted by Crippen LogP contribution is 2.39. The molecule has 3 aromatic rings. The van der Waals surface area contributed by atoms with Crippen LogP contribution >= 0.6 is 0 Å². The average molecular weight is 543 g/mol. The Morgan fingerprint density at radius 2 is 1.32 bits per heavy atom. The van der Waals surface area contributed by atoms with E-state index in [0.29, 0.717) is 5.92 Å². The quantitative estimate of drug-likeness (QED) is 0.221. The Morgan fingerprint density at radius 1 is 0.725 bits per heavy atom. The van der Waals surface area contributed by atoms with E-state index in [1.54, 1.807) is 0 Å². The normalized spacial score (nSPS) is 17.4. The summed E-state index contributed by atoms with van der Waals surface area (Å²) in [6, 6.07) is 17.2. The number of aryl methyl sites for hydroxylation is 3. The molecule has 4 rings (SSSR count). The molecule has 1 fully saturated rings. The fourth-order valence-electron chi connectivity index (χ4n) is 6.58. The van der Waals surface area contributed by atoms with Crippen LogP contribution in [-0.4, -0.2) is 6.61 Å². The van der Waals surface area contributed by atoms with Gasteiger partial charge in [-0.2, -0.15) is 0 Å². The van der Waals surface area contributed by atoms with Crippen LogP contribution in [0.15, 0.2) is 48.5 Å². The molecule has 1 aliphatic carbocycles. The molecule has 1 nitrogen and oxygen atoms in total. The van der Waals surface area contributed by atoms with Crippen LogP contribution in [0.3, 0.4) is 0 Å². The van der Waals surface area contributed by atoms with Crippen LogP contribution in [0.1, 0.15) is 115 Å². The Kier molecular flexibility index (Phi) is 10.9. The molecule has 0 N–H and O–H groups in total. The van der Waals surface area contributed by atoms with Gasteiger partial charge in [-0.15, -0.1) is 0 Å². The summed E-state index contributed by atoms with van der Waals surface area (Å²) >= 11 is 0. The lowest BCUT2D eigenvalue weighted by molar-refractivity contribution is 0.268. The van der Waals surface area contributed by atoms with Gasteiger partial charge in [-0.3, -0.25) is 0 Å². The number of ether oxygens (including phenoxy) is 1. The van der Waals surface area contributed by atoms with Gasteiger partial charge in [-0.05, 0) is 113 Å². The average Bonchev–Trinajstić information content (AvgIpc) is 2.99. The summed E-state index contributed by atoms with van der Waals surface area (Å²) in [7, 11) is 0. The van der Waals surface area contributed by atoms with Gasteiger partial charge in [-0.25, -0.2) is 4.39 Å². The Labute approximate surface area is 243 Å². The van der Waals surface area contributed by atoms with Gasteiger partial charge in [0.15, 0.2) is 0 Å². The van der Waals surface area contributed by atoms with Crippen LogP contribution in [0, 0.1) is 17.7 Å². The maximum Gasteiger partial charge on any atom is 0.131 e. The molecule has 216 valence electrons. The van der Waals surface area contributed by atoms with E-state index in [1.807, 2.05) is 12.1 Å². The third kappa shape index (κ3) is 6.99. The van der Waals surface area contributed by atoms with Crippen molar-refractivity contribution in [3.63, 3.8) is 0 Å². The molecular weight excluding hydrogens is 491 g/mol. The minimum absolute atomic E-state index is 0.0880. The smallest absolute Gasteiger partial charge is 0.131 e. The Morgan fingerprint density at radius 3 is 1.90 bits per heavy atom. The molecule has 2 heteroatoms. The van der Waals surface area contributed by atoms with Gasteiger partial charge in [-0.1, -0.05) is 97.6 Å². The third-order valence-corrected chi connectivity index (χ3v) is 9.52. The number of halogens is 1. The van der Waals surface area contributed by atoms with Crippen LogP contribution in [0.25, 0.3) is 22.3 Å². The molecule has 0 spiro atoms. The molecule has 0 heterocycles. The van der Waals surface area contributed by atoms with Gasteiger partial charge >= 0.3 is 0 Å². The van der Waals surface area contributed by atoms with Gasteiger partial charge in [0.05, 0.1) is 6.61 Å². The Hall–Kier alpha value is -2.61. The standard InChI is InChI=1S/C38H51FO/c1-7-27(8-2)20-21-40-38-29(10-4)23-34(24-30(38)11-5)32-16-18-35(28(9-3)22-32)36-19-17-33(25-37(36)39)31-14-12-26(6)13-15-31/h16-19,22-27,31H,7-15,20-21H2,1-6H3. The third-order valence-electron chi connectivity index (χ3n) is 9.52. The van der Waals surface area contributed by atoms with Crippen LogP contribution in [0.4, 0.5) is 4.39 Å². The molecule has 0 saturated heterocycles. The minimum Gasteiger partial charge on any atom is -0.493 e. The second-order valence-electron chi connectivity index (χ2n) is 12.1. The SMILES string of the molecule is CCc1cc(-c2cc(CC)c(OCCC(CC)CC)c(CC)c2)ccc1-c1ccc(C2CCC(C)CC2)cc1F. The van der Waals surface area contributed by atoms with Crippen molar-refractivity contribution < 1.29 is 9.13 Å². The summed E-state index contributed by atoms with van der Waals surface area (Å²) in [6.45, 7) is 14.3. The molecule has 0 unspecified atom stereocenters. The van der Waals surface area contributed by atoms with E-state index in [0.717, 1.165) is 61.0 Å². The first kappa shape index (κ1) is 30.4. The fourth-order valence-corrected chi connectivity index (χ4v) is 6.58. The highest BCUT2D eigenvalue weighted by atomic mass is 19.1. The lowest BCUT2D eigenvalue weighted by Crippen LogP contribution is -2.11. The second-order valence-corrected chi connectivity index (χ2v) is 12.1. The van der Waals surface area contributed by atoms with Gasteiger partial charge < -0.3 is 4.74 Å². The summed E-state index contributed by atoms with van der Waals surface area (Å²) in [6.07, 6.45) is 11.1. The molecule has 0 bridgehead atoms. The summed E-state index contributed by atoms with van der Waals surface area (Å²) in [5.74, 6) is 3.03. The summed E-state index contributed by atoms with van der Waals surface area (Å²) in [5.41, 5.74) is 9.08. The summed E-state index contributed by atoms with van der Waals surface area (Å²) < 4.78 is 22.0. The van der Waals surface area contributed by atoms with Gasteiger partial charge in [0.25, 0.3) is 0 Å². The summed E-state index contributed by atoms with van der Waals surface area (Å²) in [5, 5.41) is 0. The van der Waals surface area contributed by atoms with Crippen LogP contribution in [0.2, 0.25) is 0 Å². The highest BCUT2D eigenvalue weighted by molar-refractivity contribution is 5.75. The topological polar surface area (TPSA) is 9.23 Å². The lowest BCUT2D eigenvalue weighted by Gasteiger charge is -2.26. The number of rotatable bonds is 12. The lowest BCUT2D eigenvalue weighted by atomic mass is 9.79. The van der Waals surface area contributed by atoms with E-state index in [-0.39, 0.29) is 5.82 Å². The van der Waals surface area contributed by atoms with Gasteiger partial charge in [0, 0.05) is 5.56 Å². The number of hydrogen-bond donors (Lipinski definition) is 0. The Bertz CT molecular complexity index is 1220. The van der Waals surface area contributed by atoms with Crippen molar-refractivity contribution in [2.75, 3.05) is 6.61 Å². The second kappa shape index (κ2) is 14.3. The molecule has 0 atom stereocenters.